The van der Waals surface area contributed by atoms with Gasteiger partial charge in [-0.15, -0.1) is 0 Å². The lowest BCUT2D eigenvalue weighted by atomic mass is 9.86. The standard InChI is InChI=1S/C21H27NO/c1-3-14-22(16(2)17-8-5-4-6-9-17)19-12-13-20-18(15-19)10-7-11-21(20)23/h4-11,16,19,23H,3,12-15H2,1-2H3. The van der Waals surface area contributed by atoms with Gasteiger partial charge in [0.2, 0.25) is 0 Å². The molecule has 0 heterocycles. The minimum absolute atomic E-state index is 0.431. The highest BCUT2D eigenvalue weighted by Gasteiger charge is 2.28. The summed E-state index contributed by atoms with van der Waals surface area (Å²) in [7, 11) is 0. The molecular formula is C21H27NO. The van der Waals surface area contributed by atoms with E-state index in [-0.39, 0.29) is 0 Å². The zero-order valence-corrected chi connectivity index (χ0v) is 14.2. The summed E-state index contributed by atoms with van der Waals surface area (Å²) < 4.78 is 0. The molecule has 2 aromatic carbocycles. The van der Waals surface area contributed by atoms with E-state index in [1.165, 1.54) is 17.5 Å². The van der Waals surface area contributed by atoms with E-state index in [0.717, 1.165) is 31.4 Å². The van der Waals surface area contributed by atoms with Crippen LogP contribution >= 0.6 is 0 Å². The van der Waals surface area contributed by atoms with E-state index in [9.17, 15) is 5.11 Å². The lowest BCUT2D eigenvalue weighted by Gasteiger charge is -2.39. The van der Waals surface area contributed by atoms with Gasteiger partial charge >= 0.3 is 0 Å². The molecule has 1 aliphatic rings. The number of rotatable bonds is 5. The molecule has 1 aliphatic carbocycles. The molecule has 0 spiro atoms. The molecule has 2 heteroatoms. The number of benzene rings is 2. The Labute approximate surface area is 139 Å². The summed E-state index contributed by atoms with van der Waals surface area (Å²) >= 11 is 0. The van der Waals surface area contributed by atoms with Gasteiger partial charge in [-0.3, -0.25) is 4.90 Å². The Morgan fingerprint density at radius 3 is 2.65 bits per heavy atom. The minimum Gasteiger partial charge on any atom is -0.508 e. The third-order valence-corrected chi connectivity index (χ3v) is 5.16. The summed E-state index contributed by atoms with van der Waals surface area (Å²) in [6.07, 6.45) is 4.32. The highest BCUT2D eigenvalue weighted by molar-refractivity contribution is 5.41. The van der Waals surface area contributed by atoms with Gasteiger partial charge in [-0.25, -0.2) is 0 Å². The van der Waals surface area contributed by atoms with Crippen molar-refractivity contribution in [2.24, 2.45) is 0 Å². The maximum absolute atomic E-state index is 10.1. The average Bonchev–Trinajstić information content (AvgIpc) is 2.60. The van der Waals surface area contributed by atoms with E-state index < -0.39 is 0 Å². The van der Waals surface area contributed by atoms with Crippen LogP contribution in [0.4, 0.5) is 0 Å². The van der Waals surface area contributed by atoms with Crippen molar-refractivity contribution in [2.45, 2.75) is 51.6 Å². The molecule has 1 N–H and O–H groups in total. The Bertz CT molecular complexity index is 638. The fourth-order valence-electron chi connectivity index (χ4n) is 3.92. The molecule has 0 fully saturated rings. The van der Waals surface area contributed by atoms with Crippen LogP contribution in [-0.4, -0.2) is 22.6 Å². The van der Waals surface area contributed by atoms with Crippen LogP contribution in [-0.2, 0) is 12.8 Å². The first-order valence-electron chi connectivity index (χ1n) is 8.81. The number of fused-ring (bicyclic) bond motifs is 1. The van der Waals surface area contributed by atoms with Crippen molar-refractivity contribution in [3.63, 3.8) is 0 Å². The molecule has 0 bridgehead atoms. The van der Waals surface area contributed by atoms with Gasteiger partial charge < -0.3 is 5.11 Å². The lowest BCUT2D eigenvalue weighted by Crippen LogP contribution is -2.41. The third kappa shape index (κ3) is 3.42. The van der Waals surface area contributed by atoms with E-state index in [4.69, 9.17) is 0 Å². The molecule has 0 amide bonds. The molecule has 0 aliphatic heterocycles. The Morgan fingerprint density at radius 2 is 1.91 bits per heavy atom. The zero-order valence-electron chi connectivity index (χ0n) is 14.2. The van der Waals surface area contributed by atoms with Crippen LogP contribution in [0.1, 0.15) is 49.4 Å². The Balaban J connectivity index is 1.82. The fraction of sp³-hybridized carbons (Fsp3) is 0.429. The van der Waals surface area contributed by atoms with Gasteiger partial charge in [0.05, 0.1) is 0 Å². The number of aromatic hydroxyl groups is 1. The summed E-state index contributed by atoms with van der Waals surface area (Å²) in [4.78, 5) is 2.66. The van der Waals surface area contributed by atoms with E-state index in [1.54, 1.807) is 0 Å². The Hall–Kier alpha value is -1.80. The van der Waals surface area contributed by atoms with Crippen LogP contribution in [0.5, 0.6) is 5.75 Å². The highest BCUT2D eigenvalue weighted by Crippen LogP contribution is 2.33. The molecule has 2 nitrogen and oxygen atoms in total. The third-order valence-electron chi connectivity index (χ3n) is 5.16. The van der Waals surface area contributed by atoms with Gasteiger partial charge in [-0.2, -0.15) is 0 Å². The van der Waals surface area contributed by atoms with Crippen molar-refractivity contribution in [1.29, 1.82) is 0 Å². The molecule has 2 aromatic rings. The Morgan fingerprint density at radius 1 is 1.13 bits per heavy atom. The Kier molecular flexibility index (Phi) is 5.02. The zero-order chi connectivity index (χ0) is 16.2. The first-order chi connectivity index (χ1) is 11.2. The largest absolute Gasteiger partial charge is 0.508 e. The van der Waals surface area contributed by atoms with Gasteiger partial charge in [-0.05, 0) is 61.9 Å². The van der Waals surface area contributed by atoms with Crippen molar-refractivity contribution >= 4 is 0 Å². The van der Waals surface area contributed by atoms with E-state index in [0.29, 0.717) is 17.8 Å². The van der Waals surface area contributed by atoms with Crippen LogP contribution in [0.2, 0.25) is 0 Å². The van der Waals surface area contributed by atoms with E-state index >= 15 is 0 Å². The lowest BCUT2D eigenvalue weighted by molar-refractivity contribution is 0.130. The van der Waals surface area contributed by atoms with Gasteiger partial charge in [-0.1, -0.05) is 49.4 Å². The maximum atomic E-state index is 10.1. The average molecular weight is 309 g/mol. The number of phenolic OH excluding ortho intramolecular Hbond substituents is 1. The van der Waals surface area contributed by atoms with Crippen LogP contribution in [0.15, 0.2) is 48.5 Å². The summed E-state index contributed by atoms with van der Waals surface area (Å²) in [6, 6.07) is 17.8. The predicted molar refractivity (Wildman–Crippen MR) is 95.8 cm³/mol. The molecular weight excluding hydrogens is 282 g/mol. The summed E-state index contributed by atoms with van der Waals surface area (Å²) in [5.41, 5.74) is 3.87. The van der Waals surface area contributed by atoms with Gasteiger partial charge in [0.25, 0.3) is 0 Å². The van der Waals surface area contributed by atoms with Crippen LogP contribution in [0, 0.1) is 0 Å². The summed E-state index contributed by atoms with van der Waals surface area (Å²) in [6.45, 7) is 5.70. The minimum atomic E-state index is 0.431. The molecule has 0 aromatic heterocycles. The first kappa shape index (κ1) is 16.1. The predicted octanol–water partition coefficient (Wildman–Crippen LogP) is 4.72. The summed E-state index contributed by atoms with van der Waals surface area (Å²) in [5, 5.41) is 10.1. The van der Waals surface area contributed by atoms with Crippen molar-refractivity contribution in [3.05, 3.63) is 65.2 Å². The van der Waals surface area contributed by atoms with Gasteiger partial charge in [0, 0.05) is 12.1 Å². The summed E-state index contributed by atoms with van der Waals surface area (Å²) in [5.74, 6) is 0.471. The number of hydrogen-bond donors (Lipinski definition) is 1. The normalized spacial score (nSPS) is 18.7. The van der Waals surface area contributed by atoms with Crippen molar-refractivity contribution in [2.75, 3.05) is 6.54 Å². The second-order valence-electron chi connectivity index (χ2n) is 6.64. The van der Waals surface area contributed by atoms with Crippen molar-refractivity contribution in [3.8, 4) is 5.75 Å². The number of hydrogen-bond acceptors (Lipinski definition) is 2. The highest BCUT2D eigenvalue weighted by atomic mass is 16.3. The van der Waals surface area contributed by atoms with Crippen molar-refractivity contribution in [1.82, 2.24) is 4.90 Å². The van der Waals surface area contributed by atoms with Gasteiger partial charge in [0.15, 0.2) is 0 Å². The van der Waals surface area contributed by atoms with E-state index in [1.807, 2.05) is 12.1 Å². The topological polar surface area (TPSA) is 23.5 Å². The second-order valence-corrected chi connectivity index (χ2v) is 6.64. The molecule has 122 valence electrons. The van der Waals surface area contributed by atoms with Crippen LogP contribution < -0.4 is 0 Å². The van der Waals surface area contributed by atoms with Crippen LogP contribution in [0.3, 0.4) is 0 Å². The molecule has 0 radical (unpaired) electrons. The van der Waals surface area contributed by atoms with Gasteiger partial charge in [0.1, 0.15) is 5.75 Å². The maximum Gasteiger partial charge on any atom is 0.119 e. The second kappa shape index (κ2) is 7.18. The molecule has 23 heavy (non-hydrogen) atoms. The smallest absolute Gasteiger partial charge is 0.119 e. The molecule has 2 atom stereocenters. The monoisotopic (exact) mass is 309 g/mol. The molecule has 3 rings (SSSR count). The van der Waals surface area contributed by atoms with Crippen LogP contribution in [0.25, 0.3) is 0 Å². The fourth-order valence-corrected chi connectivity index (χ4v) is 3.92. The number of nitrogens with zero attached hydrogens (tertiary/aromatic N) is 1. The molecule has 0 saturated heterocycles. The molecule has 0 saturated carbocycles. The van der Waals surface area contributed by atoms with Crippen molar-refractivity contribution < 1.29 is 5.11 Å². The first-order valence-corrected chi connectivity index (χ1v) is 8.81. The molecule has 2 unspecified atom stereocenters. The van der Waals surface area contributed by atoms with E-state index in [2.05, 4.69) is 55.1 Å². The quantitative estimate of drug-likeness (QED) is 0.863. The number of phenols is 1. The SMILES string of the molecule is CCCN(C1CCc2c(O)cccc2C1)C(C)c1ccccc1.